The van der Waals surface area contributed by atoms with Crippen LogP contribution in [0, 0.1) is 6.92 Å². The van der Waals surface area contributed by atoms with Gasteiger partial charge in [-0.15, -0.1) is 0 Å². The van der Waals surface area contributed by atoms with Gasteiger partial charge in [0.25, 0.3) is 5.56 Å². The third-order valence-corrected chi connectivity index (χ3v) is 5.40. The minimum atomic E-state index is -4.72. The van der Waals surface area contributed by atoms with Gasteiger partial charge in [0.2, 0.25) is 5.89 Å². The Kier molecular flexibility index (Phi) is 4.44. The number of rotatable bonds is 3. The molecule has 0 aliphatic heterocycles. The second kappa shape index (κ2) is 7.08. The first kappa shape index (κ1) is 20.0. The molecule has 0 unspecified atom stereocenters. The van der Waals surface area contributed by atoms with E-state index in [2.05, 4.69) is 15.1 Å². The Balaban J connectivity index is 1.82. The highest BCUT2D eigenvalue weighted by Crippen LogP contribution is 2.38. The number of aromatic amines is 1. The van der Waals surface area contributed by atoms with Gasteiger partial charge >= 0.3 is 6.18 Å². The molecule has 0 saturated carbocycles. The minimum Gasteiger partial charge on any atom is -0.436 e. The van der Waals surface area contributed by atoms with Gasteiger partial charge in [0.15, 0.2) is 11.2 Å². The minimum absolute atomic E-state index is 0.00957. The molecule has 0 bridgehead atoms. The van der Waals surface area contributed by atoms with Crippen LogP contribution in [0.15, 0.2) is 57.7 Å². The van der Waals surface area contributed by atoms with E-state index in [0.29, 0.717) is 23.1 Å². The molecule has 0 aliphatic carbocycles. The number of aromatic nitrogens is 4. The number of nitrogens with one attached hydrogen (secondary N) is 1. The van der Waals surface area contributed by atoms with Crippen molar-refractivity contribution in [2.75, 3.05) is 0 Å². The van der Waals surface area contributed by atoms with Crippen molar-refractivity contribution in [1.82, 2.24) is 19.6 Å². The second-order valence-electron chi connectivity index (χ2n) is 7.40. The zero-order valence-electron chi connectivity index (χ0n) is 17.1. The number of benzene rings is 2. The second-order valence-corrected chi connectivity index (χ2v) is 7.40. The van der Waals surface area contributed by atoms with Crippen molar-refractivity contribution in [3.63, 3.8) is 0 Å². The fourth-order valence-corrected chi connectivity index (χ4v) is 3.91. The summed E-state index contributed by atoms with van der Waals surface area (Å²) in [6.07, 6.45) is -4.00. The van der Waals surface area contributed by atoms with Crippen LogP contribution in [0.1, 0.15) is 23.9 Å². The molecule has 6 nitrogen and oxygen atoms in total. The van der Waals surface area contributed by atoms with Gasteiger partial charge in [-0.1, -0.05) is 49.4 Å². The molecule has 2 aromatic carbocycles. The summed E-state index contributed by atoms with van der Waals surface area (Å²) < 4.78 is 48.1. The molecule has 1 N–H and O–H groups in total. The van der Waals surface area contributed by atoms with Gasteiger partial charge in [0, 0.05) is 0 Å². The average Bonchev–Trinajstić information content (AvgIpc) is 3.36. The largest absolute Gasteiger partial charge is 0.436 e. The van der Waals surface area contributed by atoms with E-state index in [1.54, 1.807) is 43.3 Å². The highest BCUT2D eigenvalue weighted by molar-refractivity contribution is 5.82. The molecule has 9 heteroatoms. The van der Waals surface area contributed by atoms with Crippen molar-refractivity contribution in [1.29, 1.82) is 0 Å². The summed E-state index contributed by atoms with van der Waals surface area (Å²) in [5.41, 5.74) is 0.523. The van der Waals surface area contributed by atoms with Crippen LogP contribution in [0.2, 0.25) is 0 Å². The van der Waals surface area contributed by atoms with Crippen molar-refractivity contribution >= 4 is 16.7 Å². The van der Waals surface area contributed by atoms with E-state index in [-0.39, 0.29) is 28.4 Å². The maximum absolute atomic E-state index is 13.8. The van der Waals surface area contributed by atoms with E-state index in [1.165, 1.54) is 0 Å². The summed E-state index contributed by atoms with van der Waals surface area (Å²) in [6.45, 7) is 3.53. The van der Waals surface area contributed by atoms with Gasteiger partial charge in [-0.25, -0.2) is 9.97 Å². The first-order valence-electron chi connectivity index (χ1n) is 9.96. The van der Waals surface area contributed by atoms with Crippen molar-refractivity contribution in [2.45, 2.75) is 26.4 Å². The molecule has 0 fully saturated rings. The molecular weight excluding hydrogens is 421 g/mol. The lowest BCUT2D eigenvalue weighted by molar-refractivity contribution is -0.140. The number of halogens is 3. The number of H-pyrrole nitrogens is 1. The lowest BCUT2D eigenvalue weighted by Gasteiger charge is -2.07. The smallest absolute Gasteiger partial charge is 0.433 e. The fourth-order valence-electron chi connectivity index (χ4n) is 3.91. The van der Waals surface area contributed by atoms with E-state index in [1.807, 2.05) is 19.1 Å². The quantitative estimate of drug-likeness (QED) is 0.410. The van der Waals surface area contributed by atoms with E-state index in [0.717, 1.165) is 10.1 Å². The number of alkyl halides is 3. The van der Waals surface area contributed by atoms with Crippen LogP contribution in [-0.2, 0) is 12.6 Å². The number of oxazole rings is 1. The fraction of sp³-hybridized carbons (Fsp3) is 0.174. The summed E-state index contributed by atoms with van der Waals surface area (Å²) >= 11 is 0. The Morgan fingerprint density at radius 1 is 1.03 bits per heavy atom. The lowest BCUT2D eigenvalue weighted by atomic mass is 10.1. The number of hydrogen-bond donors (Lipinski definition) is 1. The molecule has 0 atom stereocenters. The standard InChI is InChI=1S/C23H17F3N4O2/c1-3-13-10-7-11-15-18(13)28-21(32-15)16-12(2)27-20-17(14-8-5-4-6-9-14)19(23(24,25)26)29-30(20)22(16)31/h4-11,29H,3H2,1-2H3. The van der Waals surface area contributed by atoms with Crippen molar-refractivity contribution in [2.24, 2.45) is 0 Å². The molecule has 5 rings (SSSR count). The summed E-state index contributed by atoms with van der Waals surface area (Å²) in [7, 11) is 0. The van der Waals surface area contributed by atoms with Gasteiger partial charge < -0.3 is 4.42 Å². The van der Waals surface area contributed by atoms with Crippen LogP contribution in [0.3, 0.4) is 0 Å². The maximum atomic E-state index is 13.8. The maximum Gasteiger partial charge on any atom is 0.433 e. The monoisotopic (exact) mass is 438 g/mol. The Bertz CT molecular complexity index is 1530. The van der Waals surface area contributed by atoms with E-state index in [9.17, 15) is 18.0 Å². The highest BCUT2D eigenvalue weighted by atomic mass is 19.4. The molecule has 0 radical (unpaired) electrons. The molecule has 0 spiro atoms. The topological polar surface area (TPSA) is 76.2 Å². The molecule has 0 aliphatic rings. The van der Waals surface area contributed by atoms with E-state index >= 15 is 0 Å². The Hall–Kier alpha value is -3.88. The van der Waals surface area contributed by atoms with Gasteiger partial charge in [0.05, 0.1) is 11.3 Å². The lowest BCUT2D eigenvalue weighted by Crippen LogP contribution is -2.20. The number of fused-ring (bicyclic) bond motifs is 2. The number of aryl methyl sites for hydroxylation is 2. The van der Waals surface area contributed by atoms with Crippen LogP contribution >= 0.6 is 0 Å². The van der Waals surface area contributed by atoms with Gasteiger partial charge in [-0.3, -0.25) is 9.89 Å². The molecule has 3 aromatic heterocycles. The third-order valence-electron chi connectivity index (χ3n) is 5.40. The first-order chi connectivity index (χ1) is 15.3. The Morgan fingerprint density at radius 2 is 1.78 bits per heavy atom. The zero-order chi connectivity index (χ0) is 22.6. The summed E-state index contributed by atoms with van der Waals surface area (Å²) in [4.78, 5) is 22.2. The number of nitrogens with zero attached hydrogens (tertiary/aromatic N) is 3. The Labute approximate surface area is 179 Å². The molecule has 32 heavy (non-hydrogen) atoms. The average molecular weight is 438 g/mol. The van der Waals surface area contributed by atoms with Crippen molar-refractivity contribution in [3.8, 4) is 22.6 Å². The molecule has 162 valence electrons. The SMILES string of the molecule is CCc1cccc2oc(-c3c(C)nc4c(-c5ccccc5)c(C(F)(F)F)[nH]n4c3=O)nc12. The van der Waals surface area contributed by atoms with Crippen molar-refractivity contribution in [3.05, 3.63) is 75.8 Å². The highest BCUT2D eigenvalue weighted by Gasteiger charge is 2.38. The van der Waals surface area contributed by atoms with Crippen LogP contribution in [-0.4, -0.2) is 19.6 Å². The normalized spacial score (nSPS) is 12.2. The van der Waals surface area contributed by atoms with Crippen LogP contribution < -0.4 is 5.56 Å². The van der Waals surface area contributed by atoms with E-state index in [4.69, 9.17) is 4.42 Å². The first-order valence-corrected chi connectivity index (χ1v) is 9.96. The Morgan fingerprint density at radius 3 is 2.47 bits per heavy atom. The van der Waals surface area contributed by atoms with Crippen LogP contribution in [0.5, 0.6) is 0 Å². The molecular formula is C23H17F3N4O2. The van der Waals surface area contributed by atoms with Crippen LogP contribution in [0.25, 0.3) is 39.3 Å². The van der Waals surface area contributed by atoms with Crippen molar-refractivity contribution < 1.29 is 17.6 Å². The number of hydrogen-bond acceptors (Lipinski definition) is 4. The third kappa shape index (κ3) is 3.00. The summed E-state index contributed by atoms with van der Waals surface area (Å²) in [5.74, 6) is 0.0229. The van der Waals surface area contributed by atoms with Gasteiger partial charge in [0.1, 0.15) is 16.8 Å². The van der Waals surface area contributed by atoms with Gasteiger partial charge in [-0.05, 0) is 30.5 Å². The molecule has 0 amide bonds. The molecule has 3 heterocycles. The predicted octanol–water partition coefficient (Wildman–Crippen LogP) is 5.39. The zero-order valence-corrected chi connectivity index (χ0v) is 17.1. The summed E-state index contributed by atoms with van der Waals surface area (Å²) in [6, 6.07) is 13.5. The molecule has 0 saturated heterocycles. The van der Waals surface area contributed by atoms with Crippen LogP contribution in [0.4, 0.5) is 13.2 Å². The predicted molar refractivity (Wildman–Crippen MR) is 113 cm³/mol. The van der Waals surface area contributed by atoms with E-state index < -0.39 is 17.4 Å². The summed E-state index contributed by atoms with van der Waals surface area (Å²) in [5, 5.41) is 2.21. The number of para-hydroxylation sites is 1. The van der Waals surface area contributed by atoms with Gasteiger partial charge in [-0.2, -0.15) is 17.7 Å². The molecule has 5 aromatic rings.